The standard InChI is InChI=1S/C12H13NO4/c1-16-8-11(14)10-7-12(15)13(10)17-9-5-3-2-4-6-9/h2-6,10H,7-8H2,1H3. The van der Waals surface area contributed by atoms with Gasteiger partial charge in [-0.25, -0.2) is 0 Å². The van der Waals surface area contributed by atoms with Crippen LogP contribution in [-0.2, 0) is 14.3 Å². The molecule has 1 aromatic carbocycles. The van der Waals surface area contributed by atoms with Gasteiger partial charge in [-0.3, -0.25) is 9.59 Å². The Hall–Kier alpha value is -1.88. The quantitative estimate of drug-likeness (QED) is 0.708. The summed E-state index contributed by atoms with van der Waals surface area (Å²) in [5, 5.41) is 1.11. The van der Waals surface area contributed by atoms with E-state index >= 15 is 0 Å². The Balaban J connectivity index is 2.00. The third-order valence-corrected chi connectivity index (χ3v) is 2.50. The maximum atomic E-state index is 11.6. The van der Waals surface area contributed by atoms with Crippen LogP contribution in [0, 0.1) is 0 Å². The van der Waals surface area contributed by atoms with Crippen molar-refractivity contribution in [2.75, 3.05) is 13.7 Å². The van der Waals surface area contributed by atoms with Crippen LogP contribution in [0.2, 0.25) is 0 Å². The number of para-hydroxylation sites is 1. The lowest BCUT2D eigenvalue weighted by Gasteiger charge is -2.37. The molecule has 1 aliphatic heterocycles. The van der Waals surface area contributed by atoms with Crippen LogP contribution in [0.4, 0.5) is 0 Å². The number of carbonyl (C=O) groups excluding carboxylic acids is 2. The highest BCUT2D eigenvalue weighted by molar-refractivity contribution is 5.98. The normalized spacial score (nSPS) is 18.8. The first-order valence-corrected chi connectivity index (χ1v) is 5.29. The summed E-state index contributed by atoms with van der Waals surface area (Å²) in [5.74, 6) is 0.196. The number of benzene rings is 1. The molecule has 1 aliphatic rings. The van der Waals surface area contributed by atoms with Gasteiger partial charge in [0, 0.05) is 7.11 Å². The number of ketones is 1. The molecule has 5 nitrogen and oxygen atoms in total. The summed E-state index contributed by atoms with van der Waals surface area (Å²) < 4.78 is 4.75. The van der Waals surface area contributed by atoms with Gasteiger partial charge >= 0.3 is 0 Å². The number of hydrogen-bond donors (Lipinski definition) is 0. The van der Waals surface area contributed by atoms with Gasteiger partial charge in [0.1, 0.15) is 12.6 Å². The second kappa shape index (κ2) is 4.97. The van der Waals surface area contributed by atoms with E-state index < -0.39 is 6.04 Å². The van der Waals surface area contributed by atoms with Crippen molar-refractivity contribution < 1.29 is 19.2 Å². The van der Waals surface area contributed by atoms with Crippen LogP contribution in [-0.4, -0.2) is 36.5 Å². The van der Waals surface area contributed by atoms with Crippen molar-refractivity contribution in [2.24, 2.45) is 0 Å². The molecule has 0 saturated carbocycles. The molecule has 1 heterocycles. The number of ether oxygens (including phenoxy) is 1. The van der Waals surface area contributed by atoms with Gasteiger partial charge in [0.05, 0.1) is 6.42 Å². The first-order valence-electron chi connectivity index (χ1n) is 5.29. The number of rotatable bonds is 5. The Morgan fingerprint density at radius 3 is 2.71 bits per heavy atom. The fraction of sp³-hybridized carbons (Fsp3) is 0.333. The average molecular weight is 235 g/mol. The first kappa shape index (κ1) is 11.6. The third kappa shape index (κ3) is 2.45. The van der Waals surface area contributed by atoms with E-state index in [2.05, 4.69) is 0 Å². The van der Waals surface area contributed by atoms with Crippen molar-refractivity contribution in [3.8, 4) is 5.75 Å². The van der Waals surface area contributed by atoms with Crippen LogP contribution in [0.25, 0.3) is 0 Å². The number of hydroxylamine groups is 2. The van der Waals surface area contributed by atoms with E-state index in [1.807, 2.05) is 6.07 Å². The molecule has 2 rings (SSSR count). The van der Waals surface area contributed by atoms with Crippen molar-refractivity contribution in [3.63, 3.8) is 0 Å². The van der Waals surface area contributed by atoms with Gasteiger partial charge in [0.25, 0.3) is 5.91 Å². The number of hydrogen-bond acceptors (Lipinski definition) is 4. The predicted molar refractivity (Wildman–Crippen MR) is 59.2 cm³/mol. The van der Waals surface area contributed by atoms with Gasteiger partial charge in [-0.2, -0.15) is 5.06 Å². The Bertz CT molecular complexity index is 418. The Labute approximate surface area is 98.9 Å². The van der Waals surface area contributed by atoms with Gasteiger partial charge in [0.15, 0.2) is 11.5 Å². The maximum Gasteiger partial charge on any atom is 0.258 e. The van der Waals surface area contributed by atoms with Crippen LogP contribution in [0.3, 0.4) is 0 Å². The van der Waals surface area contributed by atoms with Crippen LogP contribution >= 0.6 is 0 Å². The van der Waals surface area contributed by atoms with Crippen molar-refractivity contribution in [3.05, 3.63) is 30.3 Å². The van der Waals surface area contributed by atoms with E-state index in [0.717, 1.165) is 5.06 Å². The van der Waals surface area contributed by atoms with E-state index in [4.69, 9.17) is 9.57 Å². The Kier molecular flexibility index (Phi) is 3.39. The van der Waals surface area contributed by atoms with Crippen LogP contribution < -0.4 is 4.84 Å². The smallest absolute Gasteiger partial charge is 0.258 e. The minimum atomic E-state index is -0.525. The first-order chi connectivity index (χ1) is 8.22. The summed E-state index contributed by atoms with van der Waals surface area (Å²) in [6, 6.07) is 8.37. The zero-order chi connectivity index (χ0) is 12.3. The molecule has 0 bridgehead atoms. The fourth-order valence-corrected chi connectivity index (χ4v) is 1.59. The average Bonchev–Trinajstić information content (AvgIpc) is 2.34. The van der Waals surface area contributed by atoms with Crippen LogP contribution in [0.5, 0.6) is 5.75 Å². The molecule has 1 aromatic rings. The number of β-lactam (4-membered cyclic amide) rings is 1. The van der Waals surface area contributed by atoms with Crippen molar-refractivity contribution in [2.45, 2.75) is 12.5 Å². The van der Waals surface area contributed by atoms with Gasteiger partial charge in [-0.15, -0.1) is 0 Å². The molecule has 1 amide bonds. The summed E-state index contributed by atoms with van der Waals surface area (Å²) in [6.45, 7) is -0.00734. The number of amides is 1. The molecule has 0 spiro atoms. The molecule has 1 atom stereocenters. The second-order valence-electron chi connectivity index (χ2n) is 3.74. The highest BCUT2D eigenvalue weighted by Gasteiger charge is 2.43. The number of nitrogens with zero attached hydrogens (tertiary/aromatic N) is 1. The third-order valence-electron chi connectivity index (χ3n) is 2.50. The minimum Gasteiger partial charge on any atom is -0.377 e. The summed E-state index contributed by atoms with van der Waals surface area (Å²) >= 11 is 0. The van der Waals surface area contributed by atoms with Crippen LogP contribution in [0.1, 0.15) is 6.42 Å². The molecule has 5 heteroatoms. The van der Waals surface area contributed by atoms with Crippen LogP contribution in [0.15, 0.2) is 30.3 Å². The lowest BCUT2D eigenvalue weighted by Crippen LogP contribution is -2.58. The molecule has 1 saturated heterocycles. The molecule has 0 aliphatic carbocycles. The molecule has 1 fully saturated rings. The number of carbonyl (C=O) groups is 2. The van der Waals surface area contributed by atoms with Gasteiger partial charge in [-0.1, -0.05) is 18.2 Å². The molecule has 0 radical (unpaired) electrons. The minimum absolute atomic E-state index is 0.00734. The zero-order valence-electron chi connectivity index (χ0n) is 9.46. The number of methoxy groups -OCH3 is 1. The molecule has 90 valence electrons. The summed E-state index contributed by atoms with van der Waals surface area (Å²) in [6.07, 6.45) is 0.190. The maximum absolute atomic E-state index is 11.6. The molecule has 0 aromatic heterocycles. The molecule has 17 heavy (non-hydrogen) atoms. The van der Waals surface area contributed by atoms with E-state index in [0.29, 0.717) is 5.75 Å². The van der Waals surface area contributed by atoms with Gasteiger partial charge in [0.2, 0.25) is 0 Å². The van der Waals surface area contributed by atoms with Crippen molar-refractivity contribution >= 4 is 11.7 Å². The summed E-state index contributed by atoms with van der Waals surface area (Å²) in [4.78, 5) is 28.3. The molecular formula is C12H13NO4. The van der Waals surface area contributed by atoms with Gasteiger partial charge < -0.3 is 9.57 Å². The van der Waals surface area contributed by atoms with Crippen molar-refractivity contribution in [1.29, 1.82) is 0 Å². The van der Waals surface area contributed by atoms with E-state index in [1.165, 1.54) is 7.11 Å². The van der Waals surface area contributed by atoms with E-state index in [-0.39, 0.29) is 24.7 Å². The summed E-state index contributed by atoms with van der Waals surface area (Å²) in [7, 11) is 1.45. The topological polar surface area (TPSA) is 55.8 Å². The summed E-state index contributed by atoms with van der Waals surface area (Å²) in [5.41, 5.74) is 0. The SMILES string of the molecule is COCC(=O)C1CC(=O)N1Oc1ccccc1. The fourth-order valence-electron chi connectivity index (χ4n) is 1.59. The predicted octanol–water partition coefficient (Wildman–Crippen LogP) is 0.797. The highest BCUT2D eigenvalue weighted by Crippen LogP contribution is 2.23. The molecule has 0 N–H and O–H groups in total. The lowest BCUT2D eigenvalue weighted by atomic mass is 10.0. The monoisotopic (exact) mass is 235 g/mol. The second-order valence-corrected chi connectivity index (χ2v) is 3.74. The Morgan fingerprint density at radius 2 is 2.12 bits per heavy atom. The number of Topliss-reactive ketones (excluding diaryl/α,β-unsaturated/α-hetero) is 1. The highest BCUT2D eigenvalue weighted by atomic mass is 16.7. The zero-order valence-corrected chi connectivity index (χ0v) is 9.46. The van der Waals surface area contributed by atoms with Gasteiger partial charge in [-0.05, 0) is 12.1 Å². The van der Waals surface area contributed by atoms with E-state index in [9.17, 15) is 9.59 Å². The lowest BCUT2D eigenvalue weighted by molar-refractivity contribution is -0.193. The largest absolute Gasteiger partial charge is 0.377 e. The molecular weight excluding hydrogens is 222 g/mol. The Morgan fingerprint density at radius 1 is 1.41 bits per heavy atom. The molecule has 1 unspecified atom stereocenters. The van der Waals surface area contributed by atoms with E-state index in [1.54, 1.807) is 24.3 Å². The van der Waals surface area contributed by atoms with Crippen molar-refractivity contribution in [1.82, 2.24) is 5.06 Å².